The SMILES string of the molecule is CCCCC(CC)C(N)CCS(C)(=O)=O. The normalized spacial score (nSPS) is 16.3. The Morgan fingerprint density at radius 2 is 1.80 bits per heavy atom. The molecule has 0 rings (SSSR count). The predicted octanol–water partition coefficient (Wildman–Crippen LogP) is 1.96. The van der Waals surface area contributed by atoms with Gasteiger partial charge in [0.1, 0.15) is 9.84 Å². The van der Waals surface area contributed by atoms with Crippen LogP contribution in [0, 0.1) is 5.92 Å². The maximum atomic E-state index is 11.0. The molecule has 2 atom stereocenters. The van der Waals surface area contributed by atoms with Gasteiger partial charge >= 0.3 is 0 Å². The minimum Gasteiger partial charge on any atom is -0.327 e. The van der Waals surface area contributed by atoms with Crippen molar-refractivity contribution in [2.24, 2.45) is 11.7 Å². The van der Waals surface area contributed by atoms with E-state index < -0.39 is 9.84 Å². The first-order valence-corrected chi connectivity index (χ1v) is 7.90. The summed E-state index contributed by atoms with van der Waals surface area (Å²) >= 11 is 0. The minimum atomic E-state index is -2.86. The second-order valence-electron chi connectivity index (χ2n) is 4.39. The number of hydrogen-bond donors (Lipinski definition) is 1. The van der Waals surface area contributed by atoms with E-state index in [0.29, 0.717) is 12.3 Å². The summed E-state index contributed by atoms with van der Waals surface area (Å²) in [6, 6.07) is 0.0382. The van der Waals surface area contributed by atoms with Crippen LogP contribution in [0.25, 0.3) is 0 Å². The summed E-state index contributed by atoms with van der Waals surface area (Å²) in [7, 11) is -2.86. The highest BCUT2D eigenvalue weighted by atomic mass is 32.2. The van der Waals surface area contributed by atoms with Crippen molar-refractivity contribution in [1.82, 2.24) is 0 Å². The van der Waals surface area contributed by atoms with Crippen LogP contribution in [-0.4, -0.2) is 26.5 Å². The average molecular weight is 235 g/mol. The van der Waals surface area contributed by atoms with E-state index in [4.69, 9.17) is 5.73 Å². The summed E-state index contributed by atoms with van der Waals surface area (Å²) in [5.74, 6) is 0.697. The fourth-order valence-corrected chi connectivity index (χ4v) is 2.47. The molecule has 0 spiro atoms. The molecule has 0 aliphatic carbocycles. The van der Waals surface area contributed by atoms with Crippen LogP contribution in [0.2, 0.25) is 0 Å². The molecule has 0 radical (unpaired) electrons. The van der Waals surface area contributed by atoms with Crippen molar-refractivity contribution in [1.29, 1.82) is 0 Å². The van der Waals surface area contributed by atoms with Gasteiger partial charge in [0.2, 0.25) is 0 Å². The molecular formula is C11H25NO2S. The smallest absolute Gasteiger partial charge is 0.147 e. The van der Waals surface area contributed by atoms with Crippen molar-refractivity contribution in [3.63, 3.8) is 0 Å². The maximum Gasteiger partial charge on any atom is 0.147 e. The van der Waals surface area contributed by atoms with E-state index in [1.165, 1.54) is 19.1 Å². The molecule has 2 N–H and O–H groups in total. The maximum absolute atomic E-state index is 11.0. The van der Waals surface area contributed by atoms with Crippen molar-refractivity contribution >= 4 is 9.84 Å². The van der Waals surface area contributed by atoms with Crippen molar-refractivity contribution < 1.29 is 8.42 Å². The van der Waals surface area contributed by atoms with E-state index in [0.717, 1.165) is 12.8 Å². The molecule has 0 heterocycles. The largest absolute Gasteiger partial charge is 0.327 e. The summed E-state index contributed by atoms with van der Waals surface area (Å²) in [5, 5.41) is 0. The second kappa shape index (κ2) is 7.23. The van der Waals surface area contributed by atoms with Crippen molar-refractivity contribution in [2.75, 3.05) is 12.0 Å². The highest BCUT2D eigenvalue weighted by molar-refractivity contribution is 7.90. The first kappa shape index (κ1) is 14.9. The summed E-state index contributed by atoms with van der Waals surface area (Å²) in [4.78, 5) is 0. The molecule has 15 heavy (non-hydrogen) atoms. The number of unbranched alkanes of at least 4 members (excludes halogenated alkanes) is 1. The average Bonchev–Trinajstić information content (AvgIpc) is 2.15. The molecule has 0 aliphatic heterocycles. The van der Waals surface area contributed by atoms with Crippen LogP contribution in [0.4, 0.5) is 0 Å². The Kier molecular flexibility index (Phi) is 7.18. The molecule has 0 saturated heterocycles. The molecule has 0 aromatic rings. The number of nitrogens with two attached hydrogens (primary N) is 1. The molecule has 3 nitrogen and oxygen atoms in total. The molecule has 0 aromatic heterocycles. The van der Waals surface area contributed by atoms with Crippen LogP contribution in [-0.2, 0) is 9.84 Å². The van der Waals surface area contributed by atoms with E-state index in [1.807, 2.05) is 0 Å². The van der Waals surface area contributed by atoms with E-state index in [-0.39, 0.29) is 11.8 Å². The van der Waals surface area contributed by atoms with E-state index in [1.54, 1.807) is 0 Å². The molecule has 4 heteroatoms. The van der Waals surface area contributed by atoms with E-state index in [2.05, 4.69) is 13.8 Å². The van der Waals surface area contributed by atoms with Gasteiger partial charge in [-0.3, -0.25) is 0 Å². The molecule has 0 aromatic carbocycles. The summed E-state index contributed by atoms with van der Waals surface area (Å²) in [6.45, 7) is 4.29. The lowest BCUT2D eigenvalue weighted by molar-refractivity contribution is 0.364. The number of hydrogen-bond acceptors (Lipinski definition) is 3. The number of sulfone groups is 1. The van der Waals surface area contributed by atoms with Crippen molar-refractivity contribution in [3.8, 4) is 0 Å². The minimum absolute atomic E-state index is 0.0382. The van der Waals surface area contributed by atoms with Crippen LogP contribution in [0.15, 0.2) is 0 Å². The Morgan fingerprint density at radius 3 is 2.20 bits per heavy atom. The lowest BCUT2D eigenvalue weighted by Gasteiger charge is -2.22. The van der Waals surface area contributed by atoms with Crippen molar-refractivity contribution in [3.05, 3.63) is 0 Å². The first-order valence-electron chi connectivity index (χ1n) is 5.84. The summed E-state index contributed by atoms with van der Waals surface area (Å²) in [5.41, 5.74) is 6.01. The van der Waals surface area contributed by atoms with Gasteiger partial charge in [0.15, 0.2) is 0 Å². The van der Waals surface area contributed by atoms with Crippen LogP contribution >= 0.6 is 0 Å². The Balaban J connectivity index is 3.98. The standard InChI is InChI=1S/C11H25NO2S/c1-4-6-7-10(5-2)11(12)8-9-15(3,13)14/h10-11H,4-9,12H2,1-3H3. The zero-order valence-electron chi connectivity index (χ0n) is 10.2. The van der Waals surface area contributed by atoms with Crippen LogP contribution in [0.3, 0.4) is 0 Å². The predicted molar refractivity (Wildman–Crippen MR) is 65.6 cm³/mol. The highest BCUT2D eigenvalue weighted by Crippen LogP contribution is 2.17. The molecule has 0 amide bonds. The molecule has 0 saturated carbocycles. The van der Waals surface area contributed by atoms with Gasteiger partial charge in [0, 0.05) is 12.3 Å². The van der Waals surface area contributed by atoms with Crippen LogP contribution in [0.5, 0.6) is 0 Å². The fraction of sp³-hybridized carbons (Fsp3) is 1.00. The summed E-state index contributed by atoms with van der Waals surface area (Å²) in [6.07, 6.45) is 6.40. The Morgan fingerprint density at radius 1 is 1.20 bits per heavy atom. The Hall–Kier alpha value is -0.0900. The van der Waals surface area contributed by atoms with Gasteiger partial charge in [0.05, 0.1) is 5.75 Å². The third kappa shape index (κ3) is 7.79. The zero-order valence-corrected chi connectivity index (χ0v) is 11.0. The van der Waals surface area contributed by atoms with Crippen LogP contribution in [0.1, 0.15) is 46.0 Å². The van der Waals surface area contributed by atoms with E-state index in [9.17, 15) is 8.42 Å². The van der Waals surface area contributed by atoms with Crippen molar-refractivity contribution in [2.45, 2.75) is 52.0 Å². The monoisotopic (exact) mass is 235 g/mol. The number of rotatable bonds is 8. The Labute approximate surface area is 94.4 Å². The molecular weight excluding hydrogens is 210 g/mol. The molecule has 0 fully saturated rings. The van der Waals surface area contributed by atoms with Gasteiger partial charge < -0.3 is 5.73 Å². The van der Waals surface area contributed by atoms with Gasteiger partial charge in [-0.15, -0.1) is 0 Å². The van der Waals surface area contributed by atoms with Gasteiger partial charge in [-0.25, -0.2) is 8.42 Å². The second-order valence-corrected chi connectivity index (χ2v) is 6.65. The Bertz CT molecular complexity index is 249. The summed E-state index contributed by atoms with van der Waals surface area (Å²) < 4.78 is 22.0. The van der Waals surface area contributed by atoms with Gasteiger partial charge in [-0.1, -0.05) is 33.1 Å². The van der Waals surface area contributed by atoms with Gasteiger partial charge in [0.25, 0.3) is 0 Å². The molecule has 0 bridgehead atoms. The third-order valence-corrected chi connectivity index (χ3v) is 3.86. The lowest BCUT2D eigenvalue weighted by Crippen LogP contribution is -2.31. The zero-order chi connectivity index (χ0) is 11.9. The highest BCUT2D eigenvalue weighted by Gasteiger charge is 2.17. The lowest BCUT2D eigenvalue weighted by atomic mass is 9.90. The van der Waals surface area contributed by atoms with E-state index >= 15 is 0 Å². The molecule has 0 aliphatic rings. The molecule has 92 valence electrons. The molecule has 2 unspecified atom stereocenters. The third-order valence-electron chi connectivity index (χ3n) is 2.88. The van der Waals surface area contributed by atoms with Gasteiger partial charge in [-0.05, 0) is 18.8 Å². The van der Waals surface area contributed by atoms with Gasteiger partial charge in [-0.2, -0.15) is 0 Å². The topological polar surface area (TPSA) is 60.2 Å². The quantitative estimate of drug-likeness (QED) is 0.699. The van der Waals surface area contributed by atoms with Crippen LogP contribution < -0.4 is 5.73 Å². The fourth-order valence-electron chi connectivity index (χ4n) is 1.77. The first-order chi connectivity index (χ1) is 6.90.